The van der Waals surface area contributed by atoms with Gasteiger partial charge in [0.25, 0.3) is 5.92 Å². The molecule has 7 nitrogen and oxygen atoms in total. The Morgan fingerprint density at radius 3 is 2.18 bits per heavy atom. The molecule has 4 rings (SSSR count). The standard InChI is InChI=1S/C24H24F2N2O5/c1-2-19(22(30)31)28-21(29)20-18(24(20,25)26)11-27-23(32)33-12-17-15-9-5-3-7-13(15)14-8-4-6-10-16(14)17/h3-10,17-20H,2,11-12H2,1H3,(H,27,32)(H,28,29)(H,30,31)/t18-,19-,20-/m0/s1. The molecule has 3 N–H and O–H groups in total. The molecule has 0 spiro atoms. The van der Waals surface area contributed by atoms with E-state index >= 15 is 0 Å². The molecule has 1 fully saturated rings. The first-order valence-corrected chi connectivity index (χ1v) is 10.8. The number of ether oxygens (including phenoxy) is 1. The quantitative estimate of drug-likeness (QED) is 0.563. The van der Waals surface area contributed by atoms with Crippen LogP contribution in [0, 0.1) is 11.8 Å². The number of benzene rings is 2. The fourth-order valence-electron chi connectivity index (χ4n) is 4.44. The molecule has 2 aromatic rings. The lowest BCUT2D eigenvalue weighted by molar-refractivity contribution is -0.142. The van der Waals surface area contributed by atoms with E-state index in [1.165, 1.54) is 6.92 Å². The number of fused-ring (bicyclic) bond motifs is 3. The molecule has 0 unspecified atom stereocenters. The molecule has 0 radical (unpaired) electrons. The molecule has 3 atom stereocenters. The largest absolute Gasteiger partial charge is 0.480 e. The lowest BCUT2D eigenvalue weighted by atomic mass is 9.98. The van der Waals surface area contributed by atoms with E-state index in [0.29, 0.717) is 0 Å². The second-order valence-electron chi connectivity index (χ2n) is 8.27. The summed E-state index contributed by atoms with van der Waals surface area (Å²) in [6.07, 6.45) is -0.780. The minimum absolute atomic E-state index is 0.0433. The average molecular weight is 458 g/mol. The minimum atomic E-state index is -3.32. The Morgan fingerprint density at radius 1 is 1.06 bits per heavy atom. The van der Waals surface area contributed by atoms with Gasteiger partial charge in [0.2, 0.25) is 5.91 Å². The van der Waals surface area contributed by atoms with E-state index in [0.717, 1.165) is 22.3 Å². The van der Waals surface area contributed by atoms with Crippen LogP contribution in [0.15, 0.2) is 48.5 Å². The molecule has 33 heavy (non-hydrogen) atoms. The first-order chi connectivity index (χ1) is 15.8. The summed E-state index contributed by atoms with van der Waals surface area (Å²) in [6, 6.07) is 14.4. The van der Waals surface area contributed by atoms with Gasteiger partial charge in [-0.05, 0) is 28.7 Å². The van der Waals surface area contributed by atoms with Crippen molar-refractivity contribution in [1.82, 2.24) is 10.6 Å². The van der Waals surface area contributed by atoms with E-state index in [9.17, 15) is 23.2 Å². The minimum Gasteiger partial charge on any atom is -0.480 e. The fourth-order valence-corrected chi connectivity index (χ4v) is 4.44. The van der Waals surface area contributed by atoms with E-state index in [1.54, 1.807) is 0 Å². The Morgan fingerprint density at radius 2 is 1.64 bits per heavy atom. The summed E-state index contributed by atoms with van der Waals surface area (Å²) in [5.74, 6) is -8.90. The summed E-state index contributed by atoms with van der Waals surface area (Å²) in [5.41, 5.74) is 4.20. The number of carbonyl (C=O) groups is 3. The van der Waals surface area contributed by atoms with Crippen LogP contribution in [-0.2, 0) is 14.3 Å². The number of aliphatic carboxylic acids is 1. The lowest BCUT2D eigenvalue weighted by Gasteiger charge is -2.14. The molecule has 0 heterocycles. The Kier molecular flexibility index (Phi) is 6.05. The van der Waals surface area contributed by atoms with Crippen LogP contribution in [0.3, 0.4) is 0 Å². The Balaban J connectivity index is 1.32. The first kappa shape index (κ1) is 22.7. The molecule has 0 aromatic heterocycles. The van der Waals surface area contributed by atoms with Gasteiger partial charge in [-0.2, -0.15) is 0 Å². The van der Waals surface area contributed by atoms with Crippen molar-refractivity contribution >= 4 is 18.0 Å². The fraction of sp³-hybridized carbons (Fsp3) is 0.375. The van der Waals surface area contributed by atoms with Gasteiger partial charge >= 0.3 is 12.1 Å². The van der Waals surface area contributed by atoms with Crippen LogP contribution >= 0.6 is 0 Å². The van der Waals surface area contributed by atoms with E-state index in [4.69, 9.17) is 9.84 Å². The summed E-state index contributed by atoms with van der Waals surface area (Å²) >= 11 is 0. The first-order valence-electron chi connectivity index (χ1n) is 10.8. The predicted molar refractivity (Wildman–Crippen MR) is 115 cm³/mol. The van der Waals surface area contributed by atoms with Crippen LogP contribution in [0.1, 0.15) is 30.4 Å². The Labute approximate surface area is 189 Å². The van der Waals surface area contributed by atoms with Crippen LogP contribution in [0.4, 0.5) is 13.6 Å². The molecule has 0 aliphatic heterocycles. The van der Waals surface area contributed by atoms with Crippen molar-refractivity contribution in [2.45, 2.75) is 31.2 Å². The van der Waals surface area contributed by atoms with Crippen molar-refractivity contribution in [3.05, 3.63) is 59.7 Å². The summed E-state index contributed by atoms with van der Waals surface area (Å²) in [6.45, 7) is 1.12. The number of alkyl carbamates (subject to hydrolysis) is 1. The number of hydrogen-bond acceptors (Lipinski definition) is 4. The number of carboxylic acid groups (broad SMARTS) is 1. The molecule has 9 heteroatoms. The second kappa shape index (κ2) is 8.80. The van der Waals surface area contributed by atoms with Gasteiger partial charge in [0, 0.05) is 12.5 Å². The third kappa shape index (κ3) is 4.27. The average Bonchev–Trinajstić information content (AvgIpc) is 3.20. The number of rotatable bonds is 8. The molecule has 0 bridgehead atoms. The van der Waals surface area contributed by atoms with Gasteiger partial charge in [0.1, 0.15) is 18.6 Å². The maximum Gasteiger partial charge on any atom is 0.407 e. The van der Waals surface area contributed by atoms with E-state index < -0.39 is 48.3 Å². The third-order valence-corrected chi connectivity index (χ3v) is 6.32. The molecule has 2 amide bonds. The molecular weight excluding hydrogens is 434 g/mol. The monoisotopic (exact) mass is 458 g/mol. The normalized spacial score (nSPS) is 20.8. The molecular formula is C24H24F2N2O5. The summed E-state index contributed by atoms with van der Waals surface area (Å²) < 4.78 is 33.5. The Hall–Kier alpha value is -3.49. The van der Waals surface area contributed by atoms with Crippen molar-refractivity contribution in [3.63, 3.8) is 0 Å². The number of amides is 2. The highest BCUT2D eigenvalue weighted by Crippen LogP contribution is 2.55. The number of carbonyl (C=O) groups excluding carboxylic acids is 2. The van der Waals surface area contributed by atoms with Crippen molar-refractivity contribution in [1.29, 1.82) is 0 Å². The maximum atomic E-state index is 14.1. The number of hydrogen-bond donors (Lipinski definition) is 3. The predicted octanol–water partition coefficient (Wildman–Crippen LogP) is 3.39. The van der Waals surface area contributed by atoms with Crippen LogP contribution < -0.4 is 10.6 Å². The van der Waals surface area contributed by atoms with Crippen molar-refractivity contribution in [3.8, 4) is 11.1 Å². The van der Waals surface area contributed by atoms with Gasteiger partial charge in [0.15, 0.2) is 0 Å². The summed E-state index contributed by atoms with van der Waals surface area (Å²) in [7, 11) is 0. The molecule has 2 aromatic carbocycles. The number of nitrogens with one attached hydrogen (secondary N) is 2. The summed E-state index contributed by atoms with van der Waals surface area (Å²) in [4.78, 5) is 35.3. The molecule has 0 saturated heterocycles. The SMILES string of the molecule is CC[C@H](NC(=O)[C@@H]1[C@H](CNC(=O)OCC2c3ccccc3-c3ccccc32)C1(F)F)C(=O)O. The van der Waals surface area contributed by atoms with Crippen molar-refractivity contribution < 1.29 is 33.0 Å². The van der Waals surface area contributed by atoms with E-state index in [-0.39, 0.29) is 18.9 Å². The number of carboxylic acids is 1. The highest BCUT2D eigenvalue weighted by molar-refractivity contribution is 5.88. The topological polar surface area (TPSA) is 105 Å². The third-order valence-electron chi connectivity index (χ3n) is 6.32. The number of alkyl halides is 2. The van der Waals surface area contributed by atoms with Gasteiger partial charge < -0.3 is 20.5 Å². The zero-order chi connectivity index (χ0) is 23.8. The number of halogens is 2. The van der Waals surface area contributed by atoms with Crippen molar-refractivity contribution in [2.24, 2.45) is 11.8 Å². The molecule has 174 valence electrons. The van der Waals surface area contributed by atoms with Gasteiger partial charge in [-0.25, -0.2) is 18.4 Å². The smallest absolute Gasteiger partial charge is 0.407 e. The zero-order valence-electron chi connectivity index (χ0n) is 17.9. The lowest BCUT2D eigenvalue weighted by Crippen LogP contribution is -2.42. The molecule has 2 aliphatic rings. The van der Waals surface area contributed by atoms with Crippen molar-refractivity contribution in [2.75, 3.05) is 13.2 Å². The van der Waals surface area contributed by atoms with Crippen LogP contribution in [-0.4, -0.2) is 48.2 Å². The summed E-state index contributed by atoms with van der Waals surface area (Å²) in [5, 5.41) is 13.4. The van der Waals surface area contributed by atoms with Crippen LogP contribution in [0.5, 0.6) is 0 Å². The maximum absolute atomic E-state index is 14.1. The van der Waals surface area contributed by atoms with Gasteiger partial charge in [0.05, 0.1) is 5.92 Å². The molecule has 2 aliphatic carbocycles. The van der Waals surface area contributed by atoms with Crippen LogP contribution in [0.2, 0.25) is 0 Å². The molecule has 1 saturated carbocycles. The van der Waals surface area contributed by atoms with Gasteiger partial charge in [-0.3, -0.25) is 4.79 Å². The van der Waals surface area contributed by atoms with E-state index in [1.807, 2.05) is 48.5 Å². The van der Waals surface area contributed by atoms with Gasteiger partial charge in [-0.15, -0.1) is 0 Å². The Bertz CT molecular complexity index is 1040. The van der Waals surface area contributed by atoms with Crippen LogP contribution in [0.25, 0.3) is 11.1 Å². The highest BCUT2D eigenvalue weighted by Gasteiger charge is 2.71. The second-order valence-corrected chi connectivity index (χ2v) is 8.27. The van der Waals surface area contributed by atoms with Gasteiger partial charge in [-0.1, -0.05) is 55.5 Å². The van der Waals surface area contributed by atoms with E-state index in [2.05, 4.69) is 10.6 Å². The highest BCUT2D eigenvalue weighted by atomic mass is 19.3. The zero-order valence-corrected chi connectivity index (χ0v) is 17.9.